The molecule has 0 bridgehead atoms. The van der Waals surface area contributed by atoms with Crippen molar-refractivity contribution in [2.45, 2.75) is 0 Å². The molecule has 19 heavy (non-hydrogen) atoms. The standard InChI is InChI=1S/C9H7N5O3S.Na/c15-7(8(16)17)10-5-2-1-3-6(4-5)14-9(18)11-12-13-14;/h1-4H,(H,10,15)(H,16,17)(H,11,13,18);/q;+1/p-1. The molecule has 0 aliphatic heterocycles. The third kappa shape index (κ3) is 3.70. The van der Waals surface area contributed by atoms with E-state index in [1.807, 2.05) is 0 Å². The molecule has 1 amide bonds. The van der Waals surface area contributed by atoms with E-state index in [1.165, 1.54) is 16.8 Å². The number of nitrogens with zero attached hydrogens (tertiary/aromatic N) is 3. The Morgan fingerprint density at radius 1 is 1.42 bits per heavy atom. The van der Waals surface area contributed by atoms with Crippen molar-refractivity contribution in [3.63, 3.8) is 0 Å². The maximum absolute atomic E-state index is 10.9. The zero-order chi connectivity index (χ0) is 13.1. The Balaban J connectivity index is 0.00000180. The molecule has 1 aromatic heterocycles. The van der Waals surface area contributed by atoms with E-state index in [2.05, 4.69) is 20.8 Å². The number of rotatable bonds is 2. The van der Waals surface area contributed by atoms with Crippen LogP contribution < -0.4 is 40.0 Å². The van der Waals surface area contributed by atoms with Gasteiger partial charge in [-0.2, -0.15) is 5.21 Å². The molecule has 0 spiro atoms. The maximum atomic E-state index is 10.9. The van der Waals surface area contributed by atoms with E-state index in [1.54, 1.807) is 12.1 Å². The molecule has 0 atom stereocenters. The van der Waals surface area contributed by atoms with Gasteiger partial charge < -0.3 is 15.2 Å². The largest absolute Gasteiger partial charge is 1.00 e. The molecular formula is C9H6N5NaO3S. The molecule has 0 fully saturated rings. The first-order valence-corrected chi connectivity index (χ1v) is 5.11. The third-order valence-corrected chi connectivity index (χ3v) is 2.28. The van der Waals surface area contributed by atoms with Gasteiger partial charge in [0.15, 0.2) is 0 Å². The molecule has 0 aliphatic rings. The van der Waals surface area contributed by atoms with E-state index in [9.17, 15) is 14.7 Å². The Bertz CT molecular complexity index is 668. The van der Waals surface area contributed by atoms with Crippen molar-refractivity contribution in [1.82, 2.24) is 20.2 Å². The number of benzene rings is 1. The summed E-state index contributed by atoms with van der Waals surface area (Å²) in [6.07, 6.45) is 0. The van der Waals surface area contributed by atoms with E-state index in [0.29, 0.717) is 11.4 Å². The van der Waals surface area contributed by atoms with Gasteiger partial charge in [0.1, 0.15) is 5.97 Å². The minimum atomic E-state index is -1.81. The molecule has 2 aromatic rings. The summed E-state index contributed by atoms with van der Waals surface area (Å²) in [5.74, 6) is -3.03. The summed E-state index contributed by atoms with van der Waals surface area (Å²) in [6.45, 7) is 0. The Labute approximate surface area is 134 Å². The van der Waals surface area contributed by atoms with Crippen LogP contribution in [0.25, 0.3) is 5.69 Å². The van der Waals surface area contributed by atoms with Crippen molar-refractivity contribution >= 4 is 29.8 Å². The smallest absolute Gasteiger partial charge is 0.540 e. The second-order valence-corrected chi connectivity index (χ2v) is 3.58. The van der Waals surface area contributed by atoms with Crippen LogP contribution in [0.15, 0.2) is 24.3 Å². The second kappa shape index (κ2) is 6.57. The van der Waals surface area contributed by atoms with Gasteiger partial charge in [-0.05, 0) is 30.4 Å². The molecule has 8 nitrogen and oxygen atoms in total. The number of aromatic amines is 1. The van der Waals surface area contributed by atoms with Gasteiger partial charge in [0.05, 0.1) is 5.69 Å². The molecule has 0 saturated heterocycles. The van der Waals surface area contributed by atoms with Crippen molar-refractivity contribution < 1.29 is 44.3 Å². The van der Waals surface area contributed by atoms with Gasteiger partial charge in [-0.1, -0.05) is 16.4 Å². The minimum absolute atomic E-state index is 0. The van der Waals surface area contributed by atoms with Gasteiger partial charge in [-0.3, -0.25) is 4.79 Å². The molecule has 2 rings (SSSR count). The van der Waals surface area contributed by atoms with Gasteiger partial charge >= 0.3 is 29.6 Å². The number of tetrazole rings is 1. The number of carboxylic acid groups (broad SMARTS) is 1. The van der Waals surface area contributed by atoms with Crippen LogP contribution in [0.5, 0.6) is 0 Å². The Hall–Kier alpha value is -1.55. The van der Waals surface area contributed by atoms with Crippen LogP contribution in [0.2, 0.25) is 0 Å². The normalized spacial score (nSPS) is 9.47. The molecule has 1 aromatic carbocycles. The quantitative estimate of drug-likeness (QED) is 0.330. The van der Waals surface area contributed by atoms with Crippen LogP contribution in [-0.4, -0.2) is 32.1 Å². The number of hydrogen-bond donors (Lipinski definition) is 2. The number of carbonyl (C=O) groups is 2. The zero-order valence-corrected chi connectivity index (χ0v) is 12.6. The average Bonchev–Trinajstić information content (AvgIpc) is 2.75. The summed E-state index contributed by atoms with van der Waals surface area (Å²) in [5.41, 5.74) is 0.847. The first kappa shape index (κ1) is 15.5. The predicted molar refractivity (Wildman–Crippen MR) is 60.2 cm³/mol. The van der Waals surface area contributed by atoms with Crippen LogP contribution in [0, 0.1) is 4.77 Å². The Kier molecular flexibility index (Phi) is 5.36. The monoisotopic (exact) mass is 287 g/mol. The summed E-state index contributed by atoms with van der Waals surface area (Å²) >= 11 is 4.91. The Morgan fingerprint density at radius 2 is 2.16 bits per heavy atom. The van der Waals surface area contributed by atoms with Gasteiger partial charge in [-0.15, -0.1) is 0 Å². The fourth-order valence-electron chi connectivity index (χ4n) is 1.27. The van der Waals surface area contributed by atoms with Gasteiger partial charge in [-0.25, -0.2) is 4.68 Å². The second-order valence-electron chi connectivity index (χ2n) is 3.21. The first-order valence-electron chi connectivity index (χ1n) is 4.71. The minimum Gasteiger partial charge on any atom is -0.540 e. The summed E-state index contributed by atoms with van der Waals surface area (Å²) in [6, 6.07) is 6.33. The van der Waals surface area contributed by atoms with Gasteiger partial charge in [0.2, 0.25) is 4.77 Å². The topological polar surface area (TPSA) is 116 Å². The molecule has 1 heterocycles. The number of nitrogens with one attached hydrogen (secondary N) is 2. The maximum Gasteiger partial charge on any atom is 1.00 e. The molecule has 0 unspecified atom stereocenters. The summed E-state index contributed by atoms with van der Waals surface area (Å²) < 4.78 is 1.60. The van der Waals surface area contributed by atoms with Crippen LogP contribution in [0.1, 0.15) is 0 Å². The number of hydrogen-bond acceptors (Lipinski definition) is 6. The van der Waals surface area contributed by atoms with Crippen LogP contribution >= 0.6 is 12.2 Å². The first-order chi connectivity index (χ1) is 8.58. The number of amides is 1. The number of anilines is 1. The molecule has 92 valence electrons. The summed E-state index contributed by atoms with van der Waals surface area (Å²) in [4.78, 5) is 21.2. The molecule has 2 N–H and O–H groups in total. The van der Waals surface area contributed by atoms with Crippen molar-refractivity contribution in [3.05, 3.63) is 29.0 Å². The van der Waals surface area contributed by atoms with Crippen LogP contribution in [0.4, 0.5) is 5.69 Å². The van der Waals surface area contributed by atoms with Gasteiger partial charge in [0.25, 0.3) is 5.91 Å². The summed E-state index contributed by atoms with van der Waals surface area (Å²) in [7, 11) is 0. The third-order valence-electron chi connectivity index (χ3n) is 2.02. The summed E-state index contributed by atoms with van der Waals surface area (Å²) in [5, 5.41) is 22.1. The average molecular weight is 287 g/mol. The number of H-pyrrole nitrogens is 1. The van der Waals surface area contributed by atoms with Crippen molar-refractivity contribution in [2.75, 3.05) is 5.32 Å². The number of aromatic nitrogens is 4. The predicted octanol–water partition coefficient (Wildman–Crippen LogP) is -3.98. The van der Waals surface area contributed by atoms with Crippen LogP contribution in [0.3, 0.4) is 0 Å². The van der Waals surface area contributed by atoms with Gasteiger partial charge in [0, 0.05) is 5.69 Å². The fraction of sp³-hybridized carbons (Fsp3) is 0. The molecular weight excluding hydrogens is 281 g/mol. The SMILES string of the molecule is O=C([O-])C(=O)Nc1cccc(-n2[nH]nnc2=S)c1.[Na+]. The molecule has 0 saturated carbocycles. The van der Waals surface area contributed by atoms with Crippen molar-refractivity contribution in [2.24, 2.45) is 0 Å². The van der Waals surface area contributed by atoms with Crippen LogP contribution in [-0.2, 0) is 9.59 Å². The number of carbonyl (C=O) groups excluding carboxylic acids is 2. The Morgan fingerprint density at radius 3 is 2.74 bits per heavy atom. The fourth-order valence-corrected chi connectivity index (χ4v) is 1.46. The van der Waals surface area contributed by atoms with E-state index < -0.39 is 11.9 Å². The zero-order valence-electron chi connectivity index (χ0n) is 9.78. The number of carboxylic acids is 1. The molecule has 0 aliphatic carbocycles. The van der Waals surface area contributed by atoms with E-state index in [-0.39, 0.29) is 34.3 Å². The van der Waals surface area contributed by atoms with E-state index in [4.69, 9.17) is 12.2 Å². The molecule has 0 radical (unpaired) electrons. The van der Waals surface area contributed by atoms with Crippen molar-refractivity contribution in [3.8, 4) is 5.69 Å². The van der Waals surface area contributed by atoms with E-state index >= 15 is 0 Å². The van der Waals surface area contributed by atoms with E-state index in [0.717, 1.165) is 0 Å². The van der Waals surface area contributed by atoms with Crippen molar-refractivity contribution in [1.29, 1.82) is 0 Å². The molecule has 10 heteroatoms. The number of aliphatic carboxylic acids is 1.